The number of carbonyl (C=O) groups is 1. The number of carbonyl (C=O) groups excluding carboxylic acids is 1. The van der Waals surface area contributed by atoms with E-state index in [0.29, 0.717) is 23.0 Å². The van der Waals surface area contributed by atoms with E-state index in [2.05, 4.69) is 5.32 Å². The highest BCUT2D eigenvalue weighted by molar-refractivity contribution is 6.35. The molecule has 2 N–H and O–H groups in total. The normalized spacial score (nSPS) is 12.2. The quantitative estimate of drug-likeness (QED) is 0.791. The molecule has 1 aromatic carbocycles. The van der Waals surface area contributed by atoms with Crippen molar-refractivity contribution in [2.45, 2.75) is 32.3 Å². The van der Waals surface area contributed by atoms with Crippen LogP contribution in [0.15, 0.2) is 18.2 Å². The van der Waals surface area contributed by atoms with Gasteiger partial charge in [-0.25, -0.2) is 0 Å². The number of hydrogen-bond donors (Lipinski definition) is 2. The zero-order chi connectivity index (χ0) is 13.5. The van der Waals surface area contributed by atoms with Gasteiger partial charge in [-0.3, -0.25) is 4.79 Å². The summed E-state index contributed by atoms with van der Waals surface area (Å²) in [4.78, 5) is 11.6. The van der Waals surface area contributed by atoms with Crippen molar-refractivity contribution >= 4 is 29.1 Å². The van der Waals surface area contributed by atoms with Gasteiger partial charge in [0.1, 0.15) is 0 Å². The standard InChI is InChI=1S/C13H17Cl2NO2/c1-9(17)3-2-6-16-13(18)7-10-4-5-11(14)8-12(10)15/h4-5,8-9,17H,2-3,6-7H2,1H3,(H,16,18). The van der Waals surface area contributed by atoms with E-state index in [4.69, 9.17) is 28.3 Å². The Hall–Kier alpha value is -0.770. The number of halogens is 2. The highest BCUT2D eigenvalue weighted by atomic mass is 35.5. The van der Waals surface area contributed by atoms with Crippen LogP contribution in [0.3, 0.4) is 0 Å². The fourth-order valence-corrected chi connectivity index (χ4v) is 2.00. The molecule has 0 fully saturated rings. The molecule has 0 aromatic heterocycles. The van der Waals surface area contributed by atoms with E-state index in [1.165, 1.54) is 0 Å². The van der Waals surface area contributed by atoms with Crippen molar-refractivity contribution in [1.82, 2.24) is 5.32 Å². The van der Waals surface area contributed by atoms with Crippen molar-refractivity contribution in [2.24, 2.45) is 0 Å². The molecule has 1 unspecified atom stereocenters. The third-order valence-electron chi connectivity index (χ3n) is 2.49. The van der Waals surface area contributed by atoms with Gasteiger partial charge in [0.2, 0.25) is 5.91 Å². The molecule has 100 valence electrons. The number of rotatable bonds is 6. The van der Waals surface area contributed by atoms with E-state index < -0.39 is 0 Å². The largest absolute Gasteiger partial charge is 0.393 e. The summed E-state index contributed by atoms with van der Waals surface area (Å²) in [5.74, 6) is -0.0789. The predicted octanol–water partition coefficient (Wildman–Crippen LogP) is 2.81. The van der Waals surface area contributed by atoms with Crippen LogP contribution in [0.4, 0.5) is 0 Å². The maximum atomic E-state index is 11.6. The van der Waals surface area contributed by atoms with Gasteiger partial charge in [-0.2, -0.15) is 0 Å². The number of amides is 1. The second-order valence-electron chi connectivity index (χ2n) is 4.25. The van der Waals surface area contributed by atoms with Crippen LogP contribution in [0.2, 0.25) is 10.0 Å². The lowest BCUT2D eigenvalue weighted by atomic mass is 10.1. The first kappa shape index (κ1) is 15.3. The third kappa shape index (κ3) is 5.71. The molecule has 1 aromatic rings. The van der Waals surface area contributed by atoms with Crippen molar-refractivity contribution in [3.8, 4) is 0 Å². The molecular weight excluding hydrogens is 273 g/mol. The lowest BCUT2D eigenvalue weighted by Crippen LogP contribution is -2.26. The maximum Gasteiger partial charge on any atom is 0.224 e. The highest BCUT2D eigenvalue weighted by Gasteiger charge is 2.07. The summed E-state index contributed by atoms with van der Waals surface area (Å²) in [6, 6.07) is 5.09. The van der Waals surface area contributed by atoms with Gasteiger partial charge in [-0.05, 0) is 37.5 Å². The summed E-state index contributed by atoms with van der Waals surface area (Å²) in [6.45, 7) is 2.30. The van der Waals surface area contributed by atoms with Crippen molar-refractivity contribution in [3.05, 3.63) is 33.8 Å². The molecule has 0 bridgehead atoms. The van der Waals surface area contributed by atoms with Crippen molar-refractivity contribution in [1.29, 1.82) is 0 Å². The van der Waals surface area contributed by atoms with Gasteiger partial charge in [0.15, 0.2) is 0 Å². The van der Waals surface area contributed by atoms with Crippen molar-refractivity contribution in [2.75, 3.05) is 6.54 Å². The lowest BCUT2D eigenvalue weighted by Gasteiger charge is -2.07. The molecule has 1 amide bonds. The Morgan fingerprint density at radius 2 is 2.17 bits per heavy atom. The molecule has 0 spiro atoms. The van der Waals surface area contributed by atoms with E-state index in [0.717, 1.165) is 12.0 Å². The minimum atomic E-state index is -0.326. The molecule has 0 aliphatic rings. The minimum Gasteiger partial charge on any atom is -0.393 e. The van der Waals surface area contributed by atoms with Crippen LogP contribution in [-0.2, 0) is 11.2 Å². The van der Waals surface area contributed by atoms with Crippen molar-refractivity contribution < 1.29 is 9.90 Å². The molecule has 1 atom stereocenters. The molecule has 1 rings (SSSR count). The maximum absolute atomic E-state index is 11.6. The van der Waals surface area contributed by atoms with Gasteiger partial charge >= 0.3 is 0 Å². The van der Waals surface area contributed by atoms with Crippen LogP contribution in [0.5, 0.6) is 0 Å². The van der Waals surface area contributed by atoms with Crippen LogP contribution < -0.4 is 5.32 Å². The Morgan fingerprint density at radius 1 is 1.44 bits per heavy atom. The van der Waals surface area contributed by atoms with Crippen molar-refractivity contribution in [3.63, 3.8) is 0 Å². The SMILES string of the molecule is CC(O)CCCNC(=O)Cc1ccc(Cl)cc1Cl. The number of aliphatic hydroxyl groups excluding tert-OH is 1. The molecule has 0 radical (unpaired) electrons. The number of hydrogen-bond acceptors (Lipinski definition) is 2. The fraction of sp³-hybridized carbons (Fsp3) is 0.462. The molecule has 0 aliphatic carbocycles. The van der Waals surface area contributed by atoms with Crippen LogP contribution in [0, 0.1) is 0 Å². The molecule has 0 aliphatic heterocycles. The monoisotopic (exact) mass is 289 g/mol. The van der Waals surface area contributed by atoms with Gasteiger partial charge in [0, 0.05) is 16.6 Å². The number of aliphatic hydroxyl groups is 1. The van der Waals surface area contributed by atoms with Crippen LogP contribution in [0.1, 0.15) is 25.3 Å². The Balaban J connectivity index is 2.35. The summed E-state index contributed by atoms with van der Waals surface area (Å²) in [7, 11) is 0. The molecular formula is C13H17Cl2NO2. The second kappa shape index (κ2) is 7.62. The number of nitrogens with one attached hydrogen (secondary N) is 1. The molecule has 18 heavy (non-hydrogen) atoms. The first-order chi connectivity index (χ1) is 8.49. The fourth-order valence-electron chi connectivity index (χ4n) is 1.53. The Morgan fingerprint density at radius 3 is 2.78 bits per heavy atom. The molecule has 3 nitrogen and oxygen atoms in total. The van der Waals surface area contributed by atoms with Gasteiger partial charge < -0.3 is 10.4 Å². The molecule has 0 saturated carbocycles. The summed E-state index contributed by atoms with van der Waals surface area (Å²) in [5.41, 5.74) is 0.758. The minimum absolute atomic E-state index is 0.0789. The second-order valence-corrected chi connectivity index (χ2v) is 5.10. The van der Waals surface area contributed by atoms with Gasteiger partial charge in [0.25, 0.3) is 0 Å². The first-order valence-corrected chi connectivity index (χ1v) is 6.63. The van der Waals surface area contributed by atoms with Gasteiger partial charge in [0.05, 0.1) is 12.5 Å². The first-order valence-electron chi connectivity index (χ1n) is 5.87. The lowest BCUT2D eigenvalue weighted by molar-refractivity contribution is -0.120. The van der Waals surface area contributed by atoms with Crippen LogP contribution in [0.25, 0.3) is 0 Å². The predicted molar refractivity (Wildman–Crippen MR) is 74.1 cm³/mol. The summed E-state index contributed by atoms with van der Waals surface area (Å²) >= 11 is 11.8. The summed E-state index contributed by atoms with van der Waals surface area (Å²) in [6.07, 6.45) is 1.36. The van der Waals surface area contributed by atoms with E-state index in [-0.39, 0.29) is 18.4 Å². The Labute approximate surface area is 117 Å². The zero-order valence-electron chi connectivity index (χ0n) is 10.2. The average Bonchev–Trinajstić information content (AvgIpc) is 2.28. The topological polar surface area (TPSA) is 49.3 Å². The van der Waals surface area contributed by atoms with E-state index >= 15 is 0 Å². The average molecular weight is 290 g/mol. The van der Waals surface area contributed by atoms with Crippen LogP contribution in [-0.4, -0.2) is 23.7 Å². The Bertz CT molecular complexity index is 408. The van der Waals surface area contributed by atoms with E-state index in [9.17, 15) is 4.79 Å². The molecule has 5 heteroatoms. The molecule has 0 saturated heterocycles. The van der Waals surface area contributed by atoms with Gasteiger partial charge in [-0.1, -0.05) is 29.3 Å². The van der Waals surface area contributed by atoms with Crippen LogP contribution >= 0.6 is 23.2 Å². The van der Waals surface area contributed by atoms with E-state index in [1.54, 1.807) is 25.1 Å². The Kier molecular flexibility index (Phi) is 6.47. The number of benzene rings is 1. The highest BCUT2D eigenvalue weighted by Crippen LogP contribution is 2.21. The summed E-state index contributed by atoms with van der Waals surface area (Å²) < 4.78 is 0. The summed E-state index contributed by atoms with van der Waals surface area (Å²) in [5, 5.41) is 12.9. The molecule has 0 heterocycles. The van der Waals surface area contributed by atoms with Gasteiger partial charge in [-0.15, -0.1) is 0 Å². The van der Waals surface area contributed by atoms with E-state index in [1.807, 2.05) is 0 Å². The zero-order valence-corrected chi connectivity index (χ0v) is 11.8. The smallest absolute Gasteiger partial charge is 0.224 e. The third-order valence-corrected chi connectivity index (χ3v) is 3.07.